The Balaban J connectivity index is 2.35. The highest BCUT2D eigenvalue weighted by Crippen LogP contribution is 2.32. The number of primary amides is 1. The Labute approximate surface area is 97.8 Å². The summed E-state index contributed by atoms with van der Waals surface area (Å²) in [5.41, 5.74) is 5.20. The van der Waals surface area contributed by atoms with Gasteiger partial charge in [0.25, 0.3) is 0 Å². The van der Waals surface area contributed by atoms with Crippen LogP contribution in [0, 0.1) is 5.41 Å². The van der Waals surface area contributed by atoms with E-state index in [1.54, 1.807) is 0 Å². The van der Waals surface area contributed by atoms with Gasteiger partial charge in [-0.25, -0.2) is 0 Å². The minimum Gasteiger partial charge on any atom is -0.396 e. The van der Waals surface area contributed by atoms with Crippen LogP contribution in [0.15, 0.2) is 0 Å². The molecule has 16 heavy (non-hydrogen) atoms. The number of hydrogen-bond donors (Lipinski definition) is 2. The quantitative estimate of drug-likeness (QED) is 0.704. The van der Waals surface area contributed by atoms with Crippen LogP contribution in [-0.4, -0.2) is 42.2 Å². The number of hydrogen-bond acceptors (Lipinski definition) is 3. The van der Waals surface area contributed by atoms with E-state index in [2.05, 4.69) is 11.8 Å². The highest BCUT2D eigenvalue weighted by atomic mass is 16.3. The molecule has 0 saturated carbocycles. The standard InChI is InChI=1S/C12H24N2O2/c1-2-12(10-15)6-4-8-14(9-12)7-3-5-11(13)16/h15H,2-10H2,1H3,(H2,13,16)/t12-/m1/s1. The summed E-state index contributed by atoms with van der Waals surface area (Å²) < 4.78 is 0. The van der Waals surface area contributed by atoms with E-state index in [9.17, 15) is 9.90 Å². The number of rotatable bonds is 6. The van der Waals surface area contributed by atoms with Gasteiger partial charge in [0.05, 0.1) is 0 Å². The lowest BCUT2D eigenvalue weighted by Gasteiger charge is -2.41. The molecule has 0 aromatic heterocycles. The first-order chi connectivity index (χ1) is 7.62. The van der Waals surface area contributed by atoms with Gasteiger partial charge < -0.3 is 15.7 Å². The molecule has 4 heteroatoms. The molecular weight excluding hydrogens is 204 g/mol. The number of aliphatic hydroxyl groups excluding tert-OH is 1. The maximum Gasteiger partial charge on any atom is 0.217 e. The number of amides is 1. The second-order valence-corrected chi connectivity index (χ2v) is 4.96. The van der Waals surface area contributed by atoms with Gasteiger partial charge in [-0.05, 0) is 38.8 Å². The summed E-state index contributed by atoms with van der Waals surface area (Å²) >= 11 is 0. The van der Waals surface area contributed by atoms with Crippen molar-refractivity contribution in [2.24, 2.45) is 11.1 Å². The summed E-state index contributed by atoms with van der Waals surface area (Å²) in [6.45, 7) is 5.38. The van der Waals surface area contributed by atoms with E-state index in [-0.39, 0.29) is 17.9 Å². The molecule has 0 aromatic rings. The highest BCUT2D eigenvalue weighted by molar-refractivity contribution is 5.73. The SMILES string of the molecule is CC[C@@]1(CO)CCCN(CCCC(N)=O)C1. The van der Waals surface area contributed by atoms with Gasteiger partial charge in [-0.3, -0.25) is 4.79 Å². The second-order valence-electron chi connectivity index (χ2n) is 4.96. The summed E-state index contributed by atoms with van der Waals surface area (Å²) in [6.07, 6.45) is 4.59. The van der Waals surface area contributed by atoms with Crippen LogP contribution in [0.1, 0.15) is 39.0 Å². The molecule has 1 aliphatic heterocycles. The Bertz CT molecular complexity index is 227. The summed E-state index contributed by atoms with van der Waals surface area (Å²) in [4.78, 5) is 13.0. The molecular formula is C12H24N2O2. The van der Waals surface area contributed by atoms with E-state index in [1.165, 1.54) is 0 Å². The molecule has 1 saturated heterocycles. The first-order valence-corrected chi connectivity index (χ1v) is 6.23. The Morgan fingerprint density at radius 3 is 2.88 bits per heavy atom. The molecule has 94 valence electrons. The first kappa shape index (κ1) is 13.5. The van der Waals surface area contributed by atoms with Gasteiger partial charge in [-0.15, -0.1) is 0 Å². The molecule has 3 N–H and O–H groups in total. The number of piperidine rings is 1. The molecule has 0 spiro atoms. The highest BCUT2D eigenvalue weighted by Gasteiger charge is 2.32. The normalized spacial score (nSPS) is 26.9. The predicted molar refractivity (Wildman–Crippen MR) is 63.9 cm³/mol. The van der Waals surface area contributed by atoms with E-state index in [1.807, 2.05) is 0 Å². The molecule has 4 nitrogen and oxygen atoms in total. The minimum absolute atomic E-state index is 0.0883. The topological polar surface area (TPSA) is 66.6 Å². The van der Waals surface area contributed by atoms with Crippen molar-refractivity contribution in [1.29, 1.82) is 0 Å². The summed E-state index contributed by atoms with van der Waals surface area (Å²) in [5.74, 6) is -0.221. The average Bonchev–Trinajstić information content (AvgIpc) is 2.29. The largest absolute Gasteiger partial charge is 0.396 e. The van der Waals surface area contributed by atoms with Crippen molar-refractivity contribution >= 4 is 5.91 Å². The fraction of sp³-hybridized carbons (Fsp3) is 0.917. The number of nitrogens with two attached hydrogens (primary N) is 1. The van der Waals surface area contributed by atoms with Crippen LogP contribution in [0.2, 0.25) is 0 Å². The van der Waals surface area contributed by atoms with Crippen molar-refractivity contribution in [2.75, 3.05) is 26.2 Å². The van der Waals surface area contributed by atoms with Gasteiger partial charge >= 0.3 is 0 Å². The minimum atomic E-state index is -0.221. The molecule has 0 unspecified atom stereocenters. The lowest BCUT2D eigenvalue weighted by atomic mass is 9.78. The molecule has 0 bridgehead atoms. The fourth-order valence-corrected chi connectivity index (χ4v) is 2.51. The monoisotopic (exact) mass is 228 g/mol. The summed E-state index contributed by atoms with van der Waals surface area (Å²) in [5, 5.41) is 9.47. The molecule has 1 fully saturated rings. The molecule has 1 heterocycles. The van der Waals surface area contributed by atoms with Crippen molar-refractivity contribution < 1.29 is 9.90 Å². The van der Waals surface area contributed by atoms with E-state index in [0.29, 0.717) is 6.42 Å². The molecule has 1 atom stereocenters. The zero-order valence-corrected chi connectivity index (χ0v) is 10.2. The zero-order valence-electron chi connectivity index (χ0n) is 10.2. The maximum absolute atomic E-state index is 10.6. The van der Waals surface area contributed by atoms with Crippen LogP contribution in [0.4, 0.5) is 0 Å². The van der Waals surface area contributed by atoms with Gasteiger partial charge in [0.2, 0.25) is 5.91 Å². The Morgan fingerprint density at radius 1 is 1.56 bits per heavy atom. The second kappa shape index (κ2) is 6.21. The van der Waals surface area contributed by atoms with Crippen LogP contribution < -0.4 is 5.73 Å². The van der Waals surface area contributed by atoms with Crippen LogP contribution in [0.25, 0.3) is 0 Å². The number of likely N-dealkylation sites (tertiary alicyclic amines) is 1. The van der Waals surface area contributed by atoms with Crippen molar-refractivity contribution in [3.63, 3.8) is 0 Å². The number of aliphatic hydroxyl groups is 1. The summed E-state index contributed by atoms with van der Waals surface area (Å²) in [6, 6.07) is 0. The fourth-order valence-electron chi connectivity index (χ4n) is 2.51. The van der Waals surface area contributed by atoms with E-state index < -0.39 is 0 Å². The van der Waals surface area contributed by atoms with Crippen molar-refractivity contribution in [2.45, 2.75) is 39.0 Å². The molecule has 0 radical (unpaired) electrons. The van der Waals surface area contributed by atoms with Crippen molar-refractivity contribution in [3.8, 4) is 0 Å². The third-order valence-electron chi connectivity index (χ3n) is 3.72. The van der Waals surface area contributed by atoms with Gasteiger partial charge in [0.1, 0.15) is 0 Å². The first-order valence-electron chi connectivity index (χ1n) is 6.23. The third kappa shape index (κ3) is 3.76. The smallest absolute Gasteiger partial charge is 0.217 e. The van der Waals surface area contributed by atoms with Gasteiger partial charge in [-0.2, -0.15) is 0 Å². The van der Waals surface area contributed by atoms with E-state index in [0.717, 1.165) is 45.3 Å². The predicted octanol–water partition coefficient (Wildman–Crippen LogP) is 0.736. The number of carbonyl (C=O) groups is 1. The van der Waals surface area contributed by atoms with Gasteiger partial charge in [0.15, 0.2) is 0 Å². The lowest BCUT2D eigenvalue weighted by Crippen LogP contribution is -2.45. The Kier molecular flexibility index (Phi) is 5.22. The molecule has 0 aliphatic carbocycles. The van der Waals surface area contributed by atoms with Crippen molar-refractivity contribution in [3.05, 3.63) is 0 Å². The van der Waals surface area contributed by atoms with Crippen LogP contribution >= 0.6 is 0 Å². The zero-order chi connectivity index (χ0) is 12.0. The Morgan fingerprint density at radius 2 is 2.31 bits per heavy atom. The number of nitrogens with zero attached hydrogens (tertiary/aromatic N) is 1. The number of carbonyl (C=O) groups excluding carboxylic acids is 1. The van der Waals surface area contributed by atoms with Gasteiger partial charge in [-0.1, -0.05) is 6.92 Å². The Hall–Kier alpha value is -0.610. The molecule has 0 aromatic carbocycles. The van der Waals surface area contributed by atoms with Crippen molar-refractivity contribution in [1.82, 2.24) is 4.90 Å². The van der Waals surface area contributed by atoms with Crippen LogP contribution in [-0.2, 0) is 4.79 Å². The molecule has 1 amide bonds. The molecule has 1 aliphatic rings. The van der Waals surface area contributed by atoms with E-state index >= 15 is 0 Å². The summed E-state index contributed by atoms with van der Waals surface area (Å²) in [7, 11) is 0. The lowest BCUT2D eigenvalue weighted by molar-refractivity contribution is -0.118. The van der Waals surface area contributed by atoms with Gasteiger partial charge in [0, 0.05) is 25.0 Å². The van der Waals surface area contributed by atoms with Crippen LogP contribution in [0.3, 0.4) is 0 Å². The van der Waals surface area contributed by atoms with Crippen LogP contribution in [0.5, 0.6) is 0 Å². The molecule has 1 rings (SSSR count). The maximum atomic E-state index is 10.6. The average molecular weight is 228 g/mol. The van der Waals surface area contributed by atoms with E-state index in [4.69, 9.17) is 5.73 Å². The third-order valence-corrected chi connectivity index (χ3v) is 3.72.